The molecular formula is C10H22N2. The van der Waals surface area contributed by atoms with E-state index in [2.05, 4.69) is 45.0 Å². The summed E-state index contributed by atoms with van der Waals surface area (Å²) in [7, 11) is 2.23. The van der Waals surface area contributed by atoms with E-state index in [1.807, 2.05) is 0 Å². The average molecular weight is 170 g/mol. The molecule has 1 fully saturated rings. The normalized spacial score (nSPS) is 33.8. The van der Waals surface area contributed by atoms with Crippen LogP contribution in [-0.4, -0.2) is 37.1 Å². The molecule has 72 valence electrons. The van der Waals surface area contributed by atoms with Gasteiger partial charge in [0.25, 0.3) is 0 Å². The number of piperazine rings is 1. The lowest BCUT2D eigenvalue weighted by molar-refractivity contribution is 0.00759. The SMILES string of the molecule is CN1CCNCC1(C)C(C)(C)C. The number of likely N-dealkylation sites (N-methyl/N-ethyl adjacent to an activating group) is 1. The number of rotatable bonds is 0. The Morgan fingerprint density at radius 3 is 2.25 bits per heavy atom. The molecule has 1 heterocycles. The van der Waals surface area contributed by atoms with Crippen LogP contribution in [0.1, 0.15) is 27.7 Å². The van der Waals surface area contributed by atoms with Gasteiger partial charge in [0.2, 0.25) is 0 Å². The number of nitrogens with zero attached hydrogens (tertiary/aromatic N) is 1. The molecule has 1 unspecified atom stereocenters. The highest BCUT2D eigenvalue weighted by Crippen LogP contribution is 2.35. The largest absolute Gasteiger partial charge is 0.314 e. The molecule has 1 N–H and O–H groups in total. The molecule has 1 saturated heterocycles. The van der Waals surface area contributed by atoms with Gasteiger partial charge >= 0.3 is 0 Å². The molecule has 1 atom stereocenters. The van der Waals surface area contributed by atoms with E-state index in [1.165, 1.54) is 0 Å². The van der Waals surface area contributed by atoms with Gasteiger partial charge < -0.3 is 5.32 Å². The summed E-state index contributed by atoms with van der Waals surface area (Å²) in [6.07, 6.45) is 0. The number of hydrogen-bond donors (Lipinski definition) is 1. The third kappa shape index (κ3) is 1.50. The Bertz CT molecular complexity index is 160. The summed E-state index contributed by atoms with van der Waals surface area (Å²) in [4.78, 5) is 2.48. The minimum absolute atomic E-state index is 0.297. The molecule has 0 aromatic carbocycles. The predicted octanol–water partition coefficient (Wildman–Crippen LogP) is 1.33. The summed E-state index contributed by atoms with van der Waals surface area (Å²) in [5.41, 5.74) is 0.639. The van der Waals surface area contributed by atoms with Crippen molar-refractivity contribution in [3.05, 3.63) is 0 Å². The van der Waals surface area contributed by atoms with Crippen LogP contribution in [0.15, 0.2) is 0 Å². The first-order valence-corrected chi connectivity index (χ1v) is 4.80. The van der Waals surface area contributed by atoms with Crippen LogP contribution < -0.4 is 5.32 Å². The molecule has 2 nitrogen and oxygen atoms in total. The third-order valence-corrected chi connectivity index (χ3v) is 3.55. The van der Waals surface area contributed by atoms with Crippen molar-refractivity contribution >= 4 is 0 Å². The fourth-order valence-corrected chi connectivity index (χ4v) is 1.80. The Balaban J connectivity index is 2.79. The second-order valence-electron chi connectivity index (χ2n) is 5.12. The van der Waals surface area contributed by atoms with Gasteiger partial charge in [-0.3, -0.25) is 4.90 Å². The van der Waals surface area contributed by atoms with Crippen molar-refractivity contribution in [1.29, 1.82) is 0 Å². The van der Waals surface area contributed by atoms with Crippen molar-refractivity contribution in [3.63, 3.8) is 0 Å². The van der Waals surface area contributed by atoms with Crippen LogP contribution in [0.5, 0.6) is 0 Å². The van der Waals surface area contributed by atoms with Crippen LogP contribution in [0.4, 0.5) is 0 Å². The zero-order valence-electron chi connectivity index (χ0n) is 9.07. The van der Waals surface area contributed by atoms with Gasteiger partial charge in [-0.2, -0.15) is 0 Å². The van der Waals surface area contributed by atoms with Gasteiger partial charge in [-0.15, -0.1) is 0 Å². The first-order chi connectivity index (χ1) is 5.38. The highest BCUT2D eigenvalue weighted by molar-refractivity contribution is 4.99. The third-order valence-electron chi connectivity index (χ3n) is 3.55. The molecule has 1 aliphatic heterocycles. The van der Waals surface area contributed by atoms with E-state index < -0.39 is 0 Å². The Hall–Kier alpha value is -0.0800. The fourth-order valence-electron chi connectivity index (χ4n) is 1.80. The first-order valence-electron chi connectivity index (χ1n) is 4.80. The van der Waals surface area contributed by atoms with Gasteiger partial charge in [-0.1, -0.05) is 20.8 Å². The average Bonchev–Trinajstić information content (AvgIpc) is 1.93. The zero-order chi connectivity index (χ0) is 9.41. The molecule has 1 aliphatic rings. The lowest BCUT2D eigenvalue weighted by atomic mass is 9.73. The molecule has 0 aromatic heterocycles. The minimum Gasteiger partial charge on any atom is -0.314 e. The second kappa shape index (κ2) is 3.00. The minimum atomic E-state index is 0.297. The van der Waals surface area contributed by atoms with Crippen molar-refractivity contribution in [2.75, 3.05) is 26.7 Å². The molecule has 0 radical (unpaired) electrons. The highest BCUT2D eigenvalue weighted by atomic mass is 15.2. The summed E-state index contributed by atoms with van der Waals surface area (Å²) in [6, 6.07) is 0. The summed E-state index contributed by atoms with van der Waals surface area (Å²) in [6.45, 7) is 12.7. The zero-order valence-corrected chi connectivity index (χ0v) is 9.07. The van der Waals surface area contributed by atoms with Crippen LogP contribution in [0.25, 0.3) is 0 Å². The Labute approximate surface area is 76.3 Å². The van der Waals surface area contributed by atoms with Crippen LogP contribution in [0.2, 0.25) is 0 Å². The van der Waals surface area contributed by atoms with Crippen molar-refractivity contribution in [2.24, 2.45) is 5.41 Å². The van der Waals surface area contributed by atoms with E-state index in [-0.39, 0.29) is 0 Å². The lowest BCUT2D eigenvalue weighted by Crippen LogP contribution is -2.64. The molecule has 1 rings (SSSR count). The fraction of sp³-hybridized carbons (Fsp3) is 1.00. The van der Waals surface area contributed by atoms with E-state index in [0.29, 0.717) is 11.0 Å². The smallest absolute Gasteiger partial charge is 0.0351 e. The summed E-state index contributed by atoms with van der Waals surface area (Å²) in [5.74, 6) is 0. The highest BCUT2D eigenvalue weighted by Gasteiger charge is 2.41. The maximum absolute atomic E-state index is 3.47. The van der Waals surface area contributed by atoms with Crippen LogP contribution >= 0.6 is 0 Å². The molecule has 0 aromatic rings. The van der Waals surface area contributed by atoms with Gasteiger partial charge in [0.05, 0.1) is 0 Å². The quantitative estimate of drug-likeness (QED) is 0.590. The Morgan fingerprint density at radius 2 is 1.92 bits per heavy atom. The van der Waals surface area contributed by atoms with Crippen molar-refractivity contribution in [1.82, 2.24) is 10.2 Å². The standard InChI is InChI=1S/C10H22N2/c1-9(2,3)10(4)8-11-6-7-12(10)5/h11H,6-8H2,1-5H3. The maximum Gasteiger partial charge on any atom is 0.0351 e. The van der Waals surface area contributed by atoms with Gasteiger partial charge in [0.15, 0.2) is 0 Å². The number of hydrogen-bond acceptors (Lipinski definition) is 2. The molecule has 2 heteroatoms. The summed E-state index contributed by atoms with van der Waals surface area (Å²) < 4.78 is 0. The van der Waals surface area contributed by atoms with Gasteiger partial charge in [0, 0.05) is 25.2 Å². The van der Waals surface area contributed by atoms with E-state index in [4.69, 9.17) is 0 Å². The maximum atomic E-state index is 3.47. The van der Waals surface area contributed by atoms with E-state index in [9.17, 15) is 0 Å². The molecule has 0 spiro atoms. The lowest BCUT2D eigenvalue weighted by Gasteiger charge is -2.51. The van der Waals surface area contributed by atoms with Crippen molar-refractivity contribution in [3.8, 4) is 0 Å². The molecule has 12 heavy (non-hydrogen) atoms. The molecule has 0 amide bonds. The molecule has 0 aliphatic carbocycles. The summed E-state index contributed by atoms with van der Waals surface area (Å²) in [5, 5.41) is 3.47. The van der Waals surface area contributed by atoms with Crippen LogP contribution in [-0.2, 0) is 0 Å². The predicted molar refractivity (Wildman–Crippen MR) is 53.4 cm³/mol. The number of nitrogens with one attached hydrogen (secondary N) is 1. The van der Waals surface area contributed by atoms with Crippen molar-refractivity contribution < 1.29 is 0 Å². The topological polar surface area (TPSA) is 15.3 Å². The second-order valence-corrected chi connectivity index (χ2v) is 5.12. The van der Waals surface area contributed by atoms with Crippen LogP contribution in [0.3, 0.4) is 0 Å². The molecule has 0 bridgehead atoms. The monoisotopic (exact) mass is 170 g/mol. The Kier molecular flexibility index (Phi) is 2.50. The first kappa shape index (κ1) is 10.0. The van der Waals surface area contributed by atoms with E-state index in [1.54, 1.807) is 0 Å². The van der Waals surface area contributed by atoms with Crippen LogP contribution in [0, 0.1) is 5.41 Å². The van der Waals surface area contributed by atoms with Gasteiger partial charge in [-0.05, 0) is 19.4 Å². The van der Waals surface area contributed by atoms with Gasteiger partial charge in [0.1, 0.15) is 0 Å². The Morgan fingerprint density at radius 1 is 1.33 bits per heavy atom. The van der Waals surface area contributed by atoms with E-state index in [0.717, 1.165) is 19.6 Å². The summed E-state index contributed by atoms with van der Waals surface area (Å²) >= 11 is 0. The molecular weight excluding hydrogens is 148 g/mol. The van der Waals surface area contributed by atoms with Crippen molar-refractivity contribution in [2.45, 2.75) is 33.2 Å². The molecule has 0 saturated carbocycles. The van der Waals surface area contributed by atoms with E-state index >= 15 is 0 Å². The van der Waals surface area contributed by atoms with Gasteiger partial charge in [-0.25, -0.2) is 0 Å².